The smallest absolute Gasteiger partial charge is 0.0938 e. The van der Waals surface area contributed by atoms with E-state index in [0.717, 1.165) is 5.56 Å². The average molecular weight is 262 g/mol. The van der Waals surface area contributed by atoms with Crippen molar-refractivity contribution in [3.63, 3.8) is 0 Å². The second-order valence-corrected chi connectivity index (χ2v) is 4.84. The summed E-state index contributed by atoms with van der Waals surface area (Å²) in [4.78, 5) is 1.93. The zero-order valence-corrected chi connectivity index (χ0v) is 10.1. The molecular weight excluding hydrogens is 249 g/mol. The first kappa shape index (κ1) is 12.1. The first-order valence-corrected chi connectivity index (χ1v) is 5.85. The summed E-state index contributed by atoms with van der Waals surface area (Å²) in [6.45, 7) is 1.44. The highest BCUT2D eigenvalue weighted by molar-refractivity contribution is 6.35. The fraction of sp³-hybridized carbons (Fsp3) is 0.455. The van der Waals surface area contributed by atoms with Gasteiger partial charge in [-0.3, -0.25) is 4.90 Å². The first-order valence-electron chi connectivity index (χ1n) is 5.09. The van der Waals surface area contributed by atoms with Crippen molar-refractivity contribution < 1.29 is 10.2 Å². The normalized spacial score (nSPS) is 26.2. The Morgan fingerprint density at radius 2 is 1.62 bits per heavy atom. The number of likely N-dealkylation sites (tertiary alicyclic amines) is 1. The van der Waals surface area contributed by atoms with Crippen molar-refractivity contribution in [1.82, 2.24) is 4.90 Å². The zero-order valence-electron chi connectivity index (χ0n) is 8.61. The Bertz CT molecular complexity index is 356. The maximum absolute atomic E-state index is 9.43. The summed E-state index contributed by atoms with van der Waals surface area (Å²) in [6, 6.07) is 5.36. The number of benzene rings is 1. The SMILES string of the molecule is OC1CN(Cc2c(Cl)cccc2Cl)CC1O. The van der Waals surface area contributed by atoms with E-state index in [9.17, 15) is 10.2 Å². The van der Waals surface area contributed by atoms with E-state index in [1.807, 2.05) is 4.90 Å². The highest BCUT2D eigenvalue weighted by atomic mass is 35.5. The van der Waals surface area contributed by atoms with Crippen LogP contribution in [0.15, 0.2) is 18.2 Å². The van der Waals surface area contributed by atoms with E-state index >= 15 is 0 Å². The molecule has 0 aromatic heterocycles. The molecule has 2 unspecified atom stereocenters. The molecular formula is C11H13Cl2NO2. The van der Waals surface area contributed by atoms with Gasteiger partial charge in [-0.2, -0.15) is 0 Å². The molecule has 1 aromatic carbocycles. The van der Waals surface area contributed by atoms with Crippen LogP contribution in [0.4, 0.5) is 0 Å². The summed E-state index contributed by atoms with van der Waals surface area (Å²) in [5.41, 5.74) is 0.840. The molecule has 0 aliphatic carbocycles. The van der Waals surface area contributed by atoms with Crippen LogP contribution >= 0.6 is 23.2 Å². The van der Waals surface area contributed by atoms with Crippen molar-refractivity contribution in [3.8, 4) is 0 Å². The third kappa shape index (κ3) is 2.50. The van der Waals surface area contributed by atoms with Gasteiger partial charge in [0.05, 0.1) is 12.2 Å². The third-order valence-corrected chi connectivity index (χ3v) is 3.49. The lowest BCUT2D eigenvalue weighted by Crippen LogP contribution is -2.22. The van der Waals surface area contributed by atoms with Gasteiger partial charge in [-0.25, -0.2) is 0 Å². The lowest BCUT2D eigenvalue weighted by atomic mass is 10.2. The lowest BCUT2D eigenvalue weighted by Gasteiger charge is -2.16. The quantitative estimate of drug-likeness (QED) is 0.849. The number of hydrogen-bond acceptors (Lipinski definition) is 3. The van der Waals surface area contributed by atoms with Crippen molar-refractivity contribution in [2.24, 2.45) is 0 Å². The lowest BCUT2D eigenvalue weighted by molar-refractivity contribution is 0.0572. The van der Waals surface area contributed by atoms with Gasteiger partial charge in [0.15, 0.2) is 0 Å². The Labute approximate surface area is 104 Å². The van der Waals surface area contributed by atoms with Crippen molar-refractivity contribution in [2.45, 2.75) is 18.8 Å². The van der Waals surface area contributed by atoms with Crippen LogP contribution in [-0.2, 0) is 6.54 Å². The minimum absolute atomic E-state index is 0.447. The van der Waals surface area contributed by atoms with Gasteiger partial charge in [0.1, 0.15) is 0 Å². The van der Waals surface area contributed by atoms with E-state index in [2.05, 4.69) is 0 Å². The fourth-order valence-corrected chi connectivity index (χ4v) is 2.40. The fourth-order valence-electron chi connectivity index (χ4n) is 1.88. The highest BCUT2D eigenvalue weighted by Gasteiger charge is 2.29. The summed E-state index contributed by atoms with van der Waals surface area (Å²) >= 11 is 12.1. The summed E-state index contributed by atoms with van der Waals surface area (Å²) < 4.78 is 0. The molecule has 0 spiro atoms. The van der Waals surface area contributed by atoms with Crippen LogP contribution in [0, 0.1) is 0 Å². The molecule has 1 saturated heterocycles. The largest absolute Gasteiger partial charge is 0.389 e. The highest BCUT2D eigenvalue weighted by Crippen LogP contribution is 2.26. The van der Waals surface area contributed by atoms with E-state index in [1.54, 1.807) is 18.2 Å². The van der Waals surface area contributed by atoms with Crippen LogP contribution in [0.2, 0.25) is 10.0 Å². The topological polar surface area (TPSA) is 43.7 Å². The van der Waals surface area contributed by atoms with Gasteiger partial charge in [0, 0.05) is 35.2 Å². The first-order chi connectivity index (χ1) is 7.58. The maximum atomic E-state index is 9.43. The summed E-state index contributed by atoms with van der Waals surface area (Å²) in [5.74, 6) is 0. The van der Waals surface area contributed by atoms with Gasteiger partial charge in [-0.1, -0.05) is 29.3 Å². The van der Waals surface area contributed by atoms with E-state index in [4.69, 9.17) is 23.2 Å². The summed E-state index contributed by atoms with van der Waals surface area (Å²) in [7, 11) is 0. The molecule has 0 saturated carbocycles. The van der Waals surface area contributed by atoms with Crippen molar-refractivity contribution in [1.29, 1.82) is 0 Å². The number of β-amino-alcohol motifs (C(OH)–C–C–N with tert-alkyl or cyclic N) is 2. The number of halogens is 2. The van der Waals surface area contributed by atoms with E-state index in [-0.39, 0.29) is 0 Å². The minimum atomic E-state index is -0.679. The molecule has 16 heavy (non-hydrogen) atoms. The molecule has 1 aliphatic heterocycles. The van der Waals surface area contributed by atoms with Crippen LogP contribution in [0.25, 0.3) is 0 Å². The molecule has 1 heterocycles. The Morgan fingerprint density at radius 1 is 1.12 bits per heavy atom. The molecule has 88 valence electrons. The van der Waals surface area contributed by atoms with Crippen LogP contribution < -0.4 is 0 Å². The Kier molecular flexibility index (Phi) is 3.72. The number of aliphatic hydroxyl groups excluding tert-OH is 2. The van der Waals surface area contributed by atoms with Crippen LogP contribution in [0.5, 0.6) is 0 Å². The summed E-state index contributed by atoms with van der Waals surface area (Å²) in [6.07, 6.45) is -1.36. The number of hydrogen-bond donors (Lipinski definition) is 2. The molecule has 3 nitrogen and oxygen atoms in total. The predicted octanol–water partition coefficient (Wildman–Crippen LogP) is 1.53. The van der Waals surface area contributed by atoms with Gasteiger partial charge in [-0.05, 0) is 12.1 Å². The Balaban J connectivity index is 2.10. The van der Waals surface area contributed by atoms with Gasteiger partial charge < -0.3 is 10.2 Å². The molecule has 0 radical (unpaired) electrons. The summed E-state index contributed by atoms with van der Waals surface area (Å²) in [5, 5.41) is 20.1. The molecule has 2 atom stereocenters. The molecule has 0 amide bonds. The minimum Gasteiger partial charge on any atom is -0.389 e. The molecule has 2 rings (SSSR count). The van der Waals surface area contributed by atoms with Gasteiger partial charge >= 0.3 is 0 Å². The molecule has 0 bridgehead atoms. The number of aliphatic hydroxyl groups is 2. The van der Waals surface area contributed by atoms with Crippen LogP contribution in [0.3, 0.4) is 0 Å². The van der Waals surface area contributed by atoms with Gasteiger partial charge in [-0.15, -0.1) is 0 Å². The maximum Gasteiger partial charge on any atom is 0.0938 e. The molecule has 1 fully saturated rings. The van der Waals surface area contributed by atoms with Crippen LogP contribution in [-0.4, -0.2) is 40.4 Å². The monoisotopic (exact) mass is 261 g/mol. The van der Waals surface area contributed by atoms with Crippen molar-refractivity contribution >= 4 is 23.2 Å². The van der Waals surface area contributed by atoms with Gasteiger partial charge in [0.25, 0.3) is 0 Å². The van der Waals surface area contributed by atoms with Crippen molar-refractivity contribution in [2.75, 3.05) is 13.1 Å². The zero-order chi connectivity index (χ0) is 11.7. The third-order valence-electron chi connectivity index (χ3n) is 2.78. The number of rotatable bonds is 2. The van der Waals surface area contributed by atoms with E-state index in [0.29, 0.717) is 29.7 Å². The van der Waals surface area contributed by atoms with Crippen LogP contribution in [0.1, 0.15) is 5.56 Å². The predicted molar refractivity (Wildman–Crippen MR) is 63.8 cm³/mol. The second kappa shape index (κ2) is 4.90. The molecule has 2 N–H and O–H groups in total. The Hall–Kier alpha value is -0.320. The van der Waals surface area contributed by atoms with E-state index < -0.39 is 12.2 Å². The van der Waals surface area contributed by atoms with Gasteiger partial charge in [0.2, 0.25) is 0 Å². The van der Waals surface area contributed by atoms with Crippen molar-refractivity contribution in [3.05, 3.63) is 33.8 Å². The van der Waals surface area contributed by atoms with E-state index in [1.165, 1.54) is 0 Å². The number of nitrogens with zero attached hydrogens (tertiary/aromatic N) is 1. The average Bonchev–Trinajstić information content (AvgIpc) is 2.53. The molecule has 5 heteroatoms. The second-order valence-electron chi connectivity index (χ2n) is 4.03. The molecule has 1 aromatic rings. The molecule has 1 aliphatic rings. The Morgan fingerprint density at radius 3 is 2.12 bits per heavy atom. The standard InChI is InChI=1S/C11H13Cl2NO2/c12-8-2-1-3-9(13)7(8)4-14-5-10(15)11(16)6-14/h1-3,10-11,15-16H,4-6H2.